The number of hydrogen-bond donors (Lipinski definition) is 0. The van der Waals surface area contributed by atoms with Crippen LogP contribution in [0.4, 0.5) is 0 Å². The fourth-order valence-corrected chi connectivity index (χ4v) is 3.45. The summed E-state index contributed by atoms with van der Waals surface area (Å²) in [4.78, 5) is 0. The van der Waals surface area contributed by atoms with E-state index in [1.807, 2.05) is 6.08 Å². The summed E-state index contributed by atoms with van der Waals surface area (Å²) in [7, 11) is 2.11. The van der Waals surface area contributed by atoms with Crippen LogP contribution >= 0.6 is 22.6 Å². The van der Waals surface area contributed by atoms with Crippen molar-refractivity contribution < 1.29 is 4.57 Å². The van der Waals surface area contributed by atoms with E-state index in [1.54, 1.807) is 0 Å². The van der Waals surface area contributed by atoms with Crippen LogP contribution in [0.25, 0.3) is 34.2 Å². The van der Waals surface area contributed by atoms with Crippen molar-refractivity contribution in [1.29, 1.82) is 0 Å². The molecule has 0 radical (unpaired) electrons. The largest absolute Gasteiger partial charge is 0.220 e. The number of aryl methyl sites for hydroxylation is 2. The van der Waals surface area contributed by atoms with E-state index in [1.165, 1.54) is 33.2 Å². The Labute approximate surface area is 151 Å². The highest BCUT2D eigenvalue weighted by Crippen LogP contribution is 2.32. The van der Waals surface area contributed by atoms with Gasteiger partial charge in [0.2, 0.25) is 5.69 Å². The lowest BCUT2D eigenvalue weighted by atomic mass is 9.94. The quantitative estimate of drug-likeness (QED) is 0.385. The predicted molar refractivity (Wildman–Crippen MR) is 108 cm³/mol. The van der Waals surface area contributed by atoms with Crippen molar-refractivity contribution in [1.82, 2.24) is 0 Å². The average Bonchev–Trinajstić information content (AvgIpc) is 2.56. The van der Waals surface area contributed by atoms with Crippen LogP contribution in [0.2, 0.25) is 0 Å². The van der Waals surface area contributed by atoms with E-state index in [4.69, 9.17) is 0 Å². The van der Waals surface area contributed by atoms with Crippen molar-refractivity contribution in [2.75, 3.05) is 0 Å². The third-order valence-electron chi connectivity index (χ3n) is 4.24. The number of nitrogens with zero attached hydrogens (tertiary/aromatic N) is 1. The molecule has 0 fully saturated rings. The SMILES string of the molecule is C=Cc1ccc2c(-c3ccccc3C)[n+](C)ccc2c1/C=C\I. The Morgan fingerprint density at radius 2 is 1.83 bits per heavy atom. The number of fused-ring (bicyclic) bond motifs is 1. The Bertz CT molecular complexity index is 923. The van der Waals surface area contributed by atoms with E-state index in [9.17, 15) is 0 Å². The summed E-state index contributed by atoms with van der Waals surface area (Å²) in [6.45, 7) is 6.12. The van der Waals surface area contributed by atoms with E-state index in [-0.39, 0.29) is 0 Å². The van der Waals surface area contributed by atoms with Crippen LogP contribution in [0, 0.1) is 6.92 Å². The van der Waals surface area contributed by atoms with Crippen LogP contribution in [-0.4, -0.2) is 0 Å². The van der Waals surface area contributed by atoms with Crippen LogP contribution in [0.5, 0.6) is 0 Å². The van der Waals surface area contributed by atoms with E-state index in [0.29, 0.717) is 0 Å². The molecule has 0 aliphatic carbocycles. The summed E-state index contributed by atoms with van der Waals surface area (Å²) in [5.41, 5.74) is 6.20. The molecule has 0 N–H and O–H groups in total. The first-order valence-electron chi connectivity index (χ1n) is 7.58. The lowest BCUT2D eigenvalue weighted by molar-refractivity contribution is -0.659. The van der Waals surface area contributed by atoms with E-state index < -0.39 is 0 Å². The fraction of sp³-hybridized carbons (Fsp3) is 0.0952. The van der Waals surface area contributed by atoms with Crippen LogP contribution in [0.15, 0.2) is 59.3 Å². The minimum Gasteiger partial charge on any atom is -0.200 e. The summed E-state index contributed by atoms with van der Waals surface area (Å²) in [5, 5.41) is 2.52. The van der Waals surface area contributed by atoms with Gasteiger partial charge in [0.05, 0.1) is 5.39 Å². The molecule has 2 heteroatoms. The summed E-state index contributed by atoms with van der Waals surface area (Å²) < 4.78 is 4.26. The lowest BCUT2D eigenvalue weighted by Crippen LogP contribution is -2.30. The maximum Gasteiger partial charge on any atom is 0.220 e. The molecule has 0 bridgehead atoms. The summed E-state index contributed by atoms with van der Waals surface area (Å²) >= 11 is 2.27. The van der Waals surface area contributed by atoms with Crippen LogP contribution in [0.3, 0.4) is 0 Å². The third kappa shape index (κ3) is 2.83. The van der Waals surface area contributed by atoms with Gasteiger partial charge in [-0.2, -0.15) is 0 Å². The molecule has 0 atom stereocenters. The highest BCUT2D eigenvalue weighted by Gasteiger charge is 2.18. The molecule has 23 heavy (non-hydrogen) atoms. The van der Waals surface area contributed by atoms with Crippen molar-refractivity contribution >= 4 is 45.5 Å². The highest BCUT2D eigenvalue weighted by atomic mass is 127. The third-order valence-corrected chi connectivity index (χ3v) is 4.60. The zero-order chi connectivity index (χ0) is 16.4. The van der Waals surface area contributed by atoms with E-state index in [2.05, 4.69) is 107 Å². The molecule has 1 nitrogen and oxygen atoms in total. The number of halogens is 1. The second kappa shape index (κ2) is 6.67. The molecule has 0 spiro atoms. The topological polar surface area (TPSA) is 3.88 Å². The molecule has 3 rings (SSSR count). The molecule has 114 valence electrons. The Morgan fingerprint density at radius 3 is 2.52 bits per heavy atom. The van der Waals surface area contributed by atoms with Crippen LogP contribution < -0.4 is 4.57 Å². The van der Waals surface area contributed by atoms with Gasteiger partial charge in [-0.3, -0.25) is 0 Å². The summed E-state index contributed by atoms with van der Waals surface area (Å²) in [5.74, 6) is 0. The first-order chi connectivity index (χ1) is 11.2. The molecule has 0 saturated carbocycles. The minimum atomic E-state index is 1.16. The first kappa shape index (κ1) is 15.9. The maximum absolute atomic E-state index is 3.95. The molecule has 0 amide bonds. The van der Waals surface area contributed by atoms with Crippen molar-refractivity contribution in [3.05, 3.63) is 76.0 Å². The molecule has 3 aromatic rings. The normalized spacial score (nSPS) is 11.3. The molecule has 0 aliphatic rings. The van der Waals surface area contributed by atoms with Gasteiger partial charge in [0, 0.05) is 17.0 Å². The van der Waals surface area contributed by atoms with Crippen molar-refractivity contribution in [3.63, 3.8) is 0 Å². The van der Waals surface area contributed by atoms with Gasteiger partial charge >= 0.3 is 0 Å². The summed E-state index contributed by atoms with van der Waals surface area (Å²) in [6.07, 6.45) is 6.22. The standard InChI is InChI=1S/C21H19IN/c1-4-16-9-10-20-19(18(16)11-13-22)12-14-23(3)21(20)17-8-6-5-7-15(17)2/h4-14H,1H2,2-3H3/q+1/b13-11-. The number of pyridine rings is 1. The average molecular weight is 412 g/mol. The second-order valence-corrected chi connectivity index (χ2v) is 6.34. The predicted octanol–water partition coefficient (Wildman–Crippen LogP) is 5.69. The molecule has 0 saturated heterocycles. The van der Waals surface area contributed by atoms with Crippen molar-refractivity contribution in [2.24, 2.45) is 7.05 Å². The van der Waals surface area contributed by atoms with Gasteiger partial charge in [-0.15, -0.1) is 0 Å². The van der Waals surface area contributed by atoms with Gasteiger partial charge in [0.25, 0.3) is 0 Å². The Morgan fingerprint density at radius 1 is 1.04 bits per heavy atom. The summed E-state index contributed by atoms with van der Waals surface area (Å²) in [6, 6.07) is 15.1. The number of aromatic nitrogens is 1. The molecule has 0 aliphatic heterocycles. The highest BCUT2D eigenvalue weighted by molar-refractivity contribution is 14.1. The van der Waals surface area contributed by atoms with Gasteiger partial charge in [-0.05, 0) is 45.9 Å². The number of benzene rings is 2. The van der Waals surface area contributed by atoms with Crippen molar-refractivity contribution in [3.8, 4) is 11.3 Å². The van der Waals surface area contributed by atoms with Crippen molar-refractivity contribution in [2.45, 2.75) is 6.92 Å². The first-order valence-corrected chi connectivity index (χ1v) is 8.82. The van der Waals surface area contributed by atoms with Gasteiger partial charge in [-0.25, -0.2) is 4.57 Å². The fourth-order valence-electron chi connectivity index (χ4n) is 3.09. The zero-order valence-corrected chi connectivity index (χ0v) is 15.5. The van der Waals surface area contributed by atoms with E-state index >= 15 is 0 Å². The molecule has 1 aromatic heterocycles. The van der Waals surface area contributed by atoms with Gasteiger partial charge in [0.1, 0.15) is 7.05 Å². The van der Waals surface area contributed by atoms with Crippen LogP contribution in [0.1, 0.15) is 16.7 Å². The number of hydrogen-bond acceptors (Lipinski definition) is 0. The van der Waals surface area contributed by atoms with E-state index in [0.717, 1.165) is 5.56 Å². The maximum atomic E-state index is 3.95. The zero-order valence-electron chi connectivity index (χ0n) is 13.4. The lowest BCUT2D eigenvalue weighted by Gasteiger charge is -2.11. The Balaban J connectivity index is 2.44. The van der Waals surface area contributed by atoms with Gasteiger partial charge in [0.15, 0.2) is 6.20 Å². The monoisotopic (exact) mass is 412 g/mol. The van der Waals surface area contributed by atoms with Gasteiger partial charge < -0.3 is 0 Å². The molecule has 0 unspecified atom stereocenters. The van der Waals surface area contributed by atoms with Crippen LogP contribution in [-0.2, 0) is 7.05 Å². The number of rotatable bonds is 3. The molecular weight excluding hydrogens is 393 g/mol. The Hall–Kier alpha value is -1.94. The minimum absolute atomic E-state index is 1.16. The Kier molecular flexibility index (Phi) is 4.62. The second-order valence-electron chi connectivity index (χ2n) is 5.62. The van der Waals surface area contributed by atoms with Gasteiger partial charge in [-0.1, -0.05) is 59.5 Å². The molecular formula is C21H19IN+. The molecule has 2 aromatic carbocycles. The smallest absolute Gasteiger partial charge is 0.200 e. The molecule has 1 heterocycles.